The van der Waals surface area contributed by atoms with Crippen molar-refractivity contribution in [2.75, 3.05) is 0 Å². The van der Waals surface area contributed by atoms with E-state index in [0.29, 0.717) is 16.6 Å². The summed E-state index contributed by atoms with van der Waals surface area (Å²) in [7, 11) is 0. The first kappa shape index (κ1) is 17.6. The summed E-state index contributed by atoms with van der Waals surface area (Å²) >= 11 is 15.8. The molecule has 0 atom stereocenters. The summed E-state index contributed by atoms with van der Waals surface area (Å²) in [5, 5.41) is 1.29. The number of rotatable bonds is 5. The molecule has 1 heterocycles. The van der Waals surface area contributed by atoms with Gasteiger partial charge in [0.1, 0.15) is 10.4 Å². The van der Waals surface area contributed by atoms with Gasteiger partial charge in [-0.05, 0) is 45.8 Å². The second-order valence-electron chi connectivity index (χ2n) is 4.58. The molecule has 0 spiro atoms. The van der Waals surface area contributed by atoms with Crippen molar-refractivity contribution in [3.63, 3.8) is 0 Å². The first-order chi connectivity index (χ1) is 11.1. The molecule has 5 heteroatoms. The Kier molecular flexibility index (Phi) is 6.29. The third-order valence-corrected chi connectivity index (χ3v) is 4.33. The van der Waals surface area contributed by atoms with Gasteiger partial charge in [0, 0.05) is 15.6 Å². The number of terminal acetylenes is 1. The first-order valence-electron chi connectivity index (χ1n) is 6.67. The van der Waals surface area contributed by atoms with Gasteiger partial charge in [0.2, 0.25) is 0 Å². The van der Waals surface area contributed by atoms with Gasteiger partial charge in [0.05, 0.1) is 12.7 Å². The molecule has 0 aliphatic rings. The van der Waals surface area contributed by atoms with Gasteiger partial charge in [-0.3, -0.25) is 0 Å². The molecular formula is C18H13BrCl2N2. The molecule has 0 bridgehead atoms. The fraction of sp³-hybridized carbons (Fsp3) is 0.0556. The molecule has 0 unspecified atom stereocenters. The predicted octanol–water partition coefficient (Wildman–Crippen LogP) is 5.76. The van der Waals surface area contributed by atoms with Crippen molar-refractivity contribution in [2.24, 2.45) is 0 Å². The van der Waals surface area contributed by atoms with Crippen LogP contribution < -0.4 is 0 Å². The minimum atomic E-state index is 0.527. The number of benzene rings is 1. The van der Waals surface area contributed by atoms with Crippen LogP contribution in [0.4, 0.5) is 0 Å². The molecule has 2 aromatic rings. The molecule has 0 fully saturated rings. The Bertz CT molecular complexity index is 826. The van der Waals surface area contributed by atoms with Crippen molar-refractivity contribution in [1.82, 2.24) is 9.55 Å². The van der Waals surface area contributed by atoms with Gasteiger partial charge in [-0.25, -0.2) is 4.98 Å². The molecule has 0 aliphatic carbocycles. The predicted molar refractivity (Wildman–Crippen MR) is 102 cm³/mol. The maximum atomic E-state index is 6.26. The molecule has 2 rings (SSSR count). The average molecular weight is 408 g/mol. The SMILES string of the molecule is C#C/C=C\C=C(/C=C)c1ncc(Br)n1Cc1cc(Cl)ccc1Cl. The summed E-state index contributed by atoms with van der Waals surface area (Å²) in [6.07, 6.45) is 13.9. The first-order valence-corrected chi connectivity index (χ1v) is 8.22. The van der Waals surface area contributed by atoms with Crippen LogP contribution in [-0.2, 0) is 6.54 Å². The van der Waals surface area contributed by atoms with Crippen LogP contribution in [0, 0.1) is 12.3 Å². The molecule has 1 aromatic heterocycles. The molecule has 23 heavy (non-hydrogen) atoms. The zero-order chi connectivity index (χ0) is 16.8. The van der Waals surface area contributed by atoms with Crippen molar-refractivity contribution in [2.45, 2.75) is 6.54 Å². The van der Waals surface area contributed by atoms with Crippen LogP contribution in [-0.4, -0.2) is 9.55 Å². The lowest BCUT2D eigenvalue weighted by Gasteiger charge is -2.11. The zero-order valence-corrected chi connectivity index (χ0v) is 15.2. The van der Waals surface area contributed by atoms with E-state index in [1.54, 1.807) is 36.6 Å². The number of nitrogens with zero attached hydrogens (tertiary/aromatic N) is 2. The largest absolute Gasteiger partial charge is 0.314 e. The summed E-state index contributed by atoms with van der Waals surface area (Å²) < 4.78 is 2.81. The summed E-state index contributed by atoms with van der Waals surface area (Å²) in [5.41, 5.74) is 1.75. The zero-order valence-electron chi connectivity index (χ0n) is 12.1. The molecule has 116 valence electrons. The van der Waals surface area contributed by atoms with Crippen molar-refractivity contribution in [1.29, 1.82) is 0 Å². The van der Waals surface area contributed by atoms with Crippen LogP contribution in [0.3, 0.4) is 0 Å². The monoisotopic (exact) mass is 406 g/mol. The van der Waals surface area contributed by atoms with E-state index in [0.717, 1.165) is 21.6 Å². The Labute approximate surface area is 154 Å². The van der Waals surface area contributed by atoms with Gasteiger partial charge in [0.15, 0.2) is 0 Å². The highest BCUT2D eigenvalue weighted by Gasteiger charge is 2.12. The standard InChI is InChI=1S/C18H13BrCl2N2/c1-3-5-6-7-13(4-2)18-22-11-17(19)23(18)12-14-10-15(20)8-9-16(14)21/h1,4-11H,2,12H2/b6-5-,13-7+. The molecule has 0 saturated heterocycles. The number of hydrogen-bond donors (Lipinski definition) is 0. The van der Waals surface area contributed by atoms with Crippen molar-refractivity contribution in [3.8, 4) is 12.3 Å². The Balaban J connectivity index is 2.44. The van der Waals surface area contributed by atoms with E-state index in [1.807, 2.05) is 16.7 Å². The van der Waals surface area contributed by atoms with E-state index in [1.165, 1.54) is 0 Å². The lowest BCUT2D eigenvalue weighted by Crippen LogP contribution is -2.05. The topological polar surface area (TPSA) is 17.8 Å². The Morgan fingerprint density at radius 3 is 2.91 bits per heavy atom. The van der Waals surface area contributed by atoms with E-state index in [4.69, 9.17) is 29.6 Å². The summed E-state index contributed by atoms with van der Waals surface area (Å²) in [6.45, 7) is 4.36. The number of hydrogen-bond acceptors (Lipinski definition) is 1. The minimum Gasteiger partial charge on any atom is -0.314 e. The quantitative estimate of drug-likeness (QED) is 0.455. The molecule has 0 N–H and O–H groups in total. The van der Waals surface area contributed by atoms with Gasteiger partial charge in [-0.1, -0.05) is 53.9 Å². The molecule has 0 aliphatic heterocycles. The number of allylic oxidation sites excluding steroid dienone is 5. The highest BCUT2D eigenvalue weighted by atomic mass is 79.9. The maximum absolute atomic E-state index is 6.26. The number of imidazole rings is 1. The Morgan fingerprint density at radius 1 is 1.43 bits per heavy atom. The molecule has 0 radical (unpaired) electrons. The van der Waals surface area contributed by atoms with Gasteiger partial charge in [0.25, 0.3) is 0 Å². The molecular weight excluding hydrogens is 395 g/mol. The highest BCUT2D eigenvalue weighted by molar-refractivity contribution is 9.10. The summed E-state index contributed by atoms with van der Waals surface area (Å²) in [6, 6.07) is 5.39. The van der Waals surface area contributed by atoms with Crippen LogP contribution in [0.25, 0.3) is 5.57 Å². The number of halogens is 3. The van der Waals surface area contributed by atoms with Crippen LogP contribution in [0.5, 0.6) is 0 Å². The third kappa shape index (κ3) is 4.39. The maximum Gasteiger partial charge on any atom is 0.141 e. The third-order valence-electron chi connectivity index (χ3n) is 3.09. The van der Waals surface area contributed by atoms with Crippen LogP contribution in [0.1, 0.15) is 11.4 Å². The highest BCUT2D eigenvalue weighted by Crippen LogP contribution is 2.26. The molecule has 0 amide bonds. The van der Waals surface area contributed by atoms with Gasteiger partial charge >= 0.3 is 0 Å². The fourth-order valence-electron chi connectivity index (χ4n) is 2.01. The molecule has 1 aromatic carbocycles. The van der Waals surface area contributed by atoms with Crippen molar-refractivity contribution in [3.05, 3.63) is 81.3 Å². The lowest BCUT2D eigenvalue weighted by molar-refractivity contribution is 0.767. The van der Waals surface area contributed by atoms with Crippen LogP contribution >= 0.6 is 39.1 Å². The molecule has 0 saturated carbocycles. The van der Waals surface area contributed by atoms with Gasteiger partial charge in [-0.2, -0.15) is 0 Å². The van der Waals surface area contributed by atoms with E-state index in [2.05, 4.69) is 33.4 Å². The second-order valence-corrected chi connectivity index (χ2v) is 6.23. The van der Waals surface area contributed by atoms with E-state index >= 15 is 0 Å². The van der Waals surface area contributed by atoms with Crippen LogP contribution in [0.2, 0.25) is 10.0 Å². The Hall–Kier alpha value is -1.73. The molecule has 2 nitrogen and oxygen atoms in total. The van der Waals surface area contributed by atoms with Gasteiger partial charge < -0.3 is 4.57 Å². The average Bonchev–Trinajstić information content (AvgIpc) is 2.89. The van der Waals surface area contributed by atoms with E-state index in [-0.39, 0.29) is 0 Å². The second kappa shape index (κ2) is 8.21. The summed E-state index contributed by atoms with van der Waals surface area (Å²) in [5.74, 6) is 3.20. The number of aromatic nitrogens is 2. The van der Waals surface area contributed by atoms with Gasteiger partial charge in [-0.15, -0.1) is 6.42 Å². The minimum absolute atomic E-state index is 0.527. The lowest BCUT2D eigenvalue weighted by atomic mass is 10.2. The van der Waals surface area contributed by atoms with E-state index in [9.17, 15) is 0 Å². The summed E-state index contributed by atoms with van der Waals surface area (Å²) in [4.78, 5) is 4.43. The smallest absolute Gasteiger partial charge is 0.141 e. The van der Waals surface area contributed by atoms with Crippen molar-refractivity contribution >= 4 is 44.7 Å². The fourth-order valence-corrected chi connectivity index (χ4v) is 2.78. The van der Waals surface area contributed by atoms with E-state index < -0.39 is 0 Å². The van der Waals surface area contributed by atoms with Crippen molar-refractivity contribution < 1.29 is 0 Å². The normalized spacial score (nSPS) is 11.7. The Morgan fingerprint density at radius 2 is 2.22 bits per heavy atom. The van der Waals surface area contributed by atoms with Crippen LogP contribution in [0.15, 0.2) is 59.9 Å².